The number of para-hydroxylation sites is 2. The molecule has 0 spiro atoms. The molecule has 9 aromatic rings. The van der Waals surface area contributed by atoms with Gasteiger partial charge in [0.25, 0.3) is 0 Å². The van der Waals surface area contributed by atoms with Crippen molar-refractivity contribution in [1.29, 1.82) is 0 Å². The van der Waals surface area contributed by atoms with Crippen molar-refractivity contribution in [2.75, 3.05) is 0 Å². The Morgan fingerprint density at radius 1 is 0.442 bits per heavy atom. The van der Waals surface area contributed by atoms with Gasteiger partial charge in [0.2, 0.25) is 0 Å². The Kier molecular flexibility index (Phi) is 7.99. The van der Waals surface area contributed by atoms with E-state index < -0.39 is 10.0 Å². The SMILES string of the molecule is C=Cc1c(/C=C\C)c2ccccc2n1-c1ccc2c(c1)c1ccccc1n2-c1ccc(S(c2ccccc2)(c2ccccc2)c2ccccc2)cc1. The van der Waals surface area contributed by atoms with Gasteiger partial charge in [0.05, 0.1) is 22.2 Å². The molecule has 0 saturated heterocycles. The lowest BCUT2D eigenvalue weighted by Crippen LogP contribution is -2.05. The topological polar surface area (TPSA) is 9.86 Å². The van der Waals surface area contributed by atoms with Crippen LogP contribution in [0.5, 0.6) is 0 Å². The summed E-state index contributed by atoms with van der Waals surface area (Å²) in [6, 6.07) is 66.7. The van der Waals surface area contributed by atoms with Crippen molar-refractivity contribution in [3.05, 3.63) is 206 Å². The second kappa shape index (κ2) is 13.1. The average molecular weight is 687 g/mol. The Morgan fingerprint density at radius 2 is 0.904 bits per heavy atom. The van der Waals surface area contributed by atoms with Gasteiger partial charge in [-0.25, -0.2) is 0 Å². The maximum absolute atomic E-state index is 4.24. The number of rotatable bonds is 8. The first-order chi connectivity index (χ1) is 25.7. The lowest BCUT2D eigenvalue weighted by molar-refractivity contribution is 1.11. The molecule has 0 amide bonds. The van der Waals surface area contributed by atoms with Gasteiger partial charge in [0.1, 0.15) is 0 Å². The third kappa shape index (κ3) is 4.89. The number of nitrogens with zero attached hydrogens (tertiary/aromatic N) is 2. The van der Waals surface area contributed by atoms with E-state index in [-0.39, 0.29) is 0 Å². The molecule has 0 unspecified atom stereocenters. The number of hydrogen-bond donors (Lipinski definition) is 0. The standard InChI is InChI=1S/C49H38N2S/c1-3-18-42-43-25-14-16-27-47(43)51(46(42)4-2)37-31-34-49-45(35-37)44-26-15-17-28-48(44)50(49)36-29-32-41(33-30-36)52(38-19-8-5-9-20-38,39-21-10-6-11-22-39)40-23-12-7-13-24-40/h3-35H,2H2,1H3/b18-3-. The summed E-state index contributed by atoms with van der Waals surface area (Å²) < 4.78 is 4.76. The summed E-state index contributed by atoms with van der Waals surface area (Å²) in [5, 5.41) is 3.67. The quantitative estimate of drug-likeness (QED) is 0.151. The molecule has 0 aliphatic heterocycles. The van der Waals surface area contributed by atoms with Crippen LogP contribution in [0.15, 0.2) is 214 Å². The van der Waals surface area contributed by atoms with E-state index in [4.69, 9.17) is 0 Å². The van der Waals surface area contributed by atoms with Gasteiger partial charge in [-0.15, -0.1) is 10.0 Å². The number of fused-ring (bicyclic) bond motifs is 4. The van der Waals surface area contributed by atoms with Crippen molar-refractivity contribution in [1.82, 2.24) is 9.13 Å². The van der Waals surface area contributed by atoms with Crippen LogP contribution in [-0.2, 0) is 0 Å². The van der Waals surface area contributed by atoms with Crippen molar-refractivity contribution in [3.63, 3.8) is 0 Å². The Hall–Kier alpha value is -6.29. The second-order valence-electron chi connectivity index (χ2n) is 13.0. The molecule has 3 heteroatoms. The first kappa shape index (κ1) is 31.7. The lowest BCUT2D eigenvalue weighted by Gasteiger charge is -2.42. The largest absolute Gasteiger partial charge is 0.309 e. The summed E-state index contributed by atoms with van der Waals surface area (Å²) in [5.41, 5.74) is 8.08. The Labute approximate surface area is 306 Å². The molecular formula is C49H38N2S. The Morgan fingerprint density at radius 3 is 1.46 bits per heavy atom. The summed E-state index contributed by atoms with van der Waals surface area (Å²) in [4.78, 5) is 5.26. The highest BCUT2D eigenvalue weighted by molar-refractivity contribution is 8.34. The summed E-state index contributed by atoms with van der Waals surface area (Å²) in [7, 11) is -1.77. The monoisotopic (exact) mass is 686 g/mol. The average Bonchev–Trinajstić information content (AvgIpc) is 3.72. The van der Waals surface area contributed by atoms with Crippen LogP contribution in [0.2, 0.25) is 0 Å². The minimum atomic E-state index is -1.77. The molecule has 9 rings (SSSR count). The highest BCUT2D eigenvalue weighted by Crippen LogP contribution is 2.73. The van der Waals surface area contributed by atoms with Crippen molar-refractivity contribution in [2.24, 2.45) is 0 Å². The van der Waals surface area contributed by atoms with Crippen molar-refractivity contribution < 1.29 is 0 Å². The van der Waals surface area contributed by atoms with Crippen LogP contribution in [0.3, 0.4) is 0 Å². The first-order valence-corrected chi connectivity index (χ1v) is 19.4. The van der Waals surface area contributed by atoms with Gasteiger partial charge in [-0.3, -0.25) is 0 Å². The summed E-state index contributed by atoms with van der Waals surface area (Å²) in [5.74, 6) is 0. The molecular weight excluding hydrogens is 649 g/mol. The lowest BCUT2D eigenvalue weighted by atomic mass is 10.1. The molecule has 0 atom stereocenters. The van der Waals surface area contributed by atoms with Gasteiger partial charge in [0, 0.05) is 52.7 Å². The van der Waals surface area contributed by atoms with Gasteiger partial charge in [-0.2, -0.15) is 0 Å². The molecule has 0 fully saturated rings. The Bertz CT molecular complexity index is 2640. The fraction of sp³-hybridized carbons (Fsp3) is 0.0204. The van der Waals surface area contributed by atoms with Crippen LogP contribution < -0.4 is 0 Å². The minimum Gasteiger partial charge on any atom is -0.309 e. The highest BCUT2D eigenvalue weighted by atomic mass is 32.3. The fourth-order valence-electron chi connectivity index (χ4n) is 7.97. The smallest absolute Gasteiger partial charge is 0.0542 e. The predicted octanol–water partition coefficient (Wildman–Crippen LogP) is 13.7. The van der Waals surface area contributed by atoms with E-state index in [1.165, 1.54) is 57.9 Å². The molecule has 0 radical (unpaired) electrons. The zero-order valence-corrected chi connectivity index (χ0v) is 29.9. The Balaban J connectivity index is 1.25. The van der Waals surface area contributed by atoms with Gasteiger partial charge in [-0.05, 0) is 104 Å². The number of allylic oxidation sites excluding steroid dienone is 1. The van der Waals surface area contributed by atoms with E-state index in [2.05, 4.69) is 217 Å². The number of benzene rings is 7. The van der Waals surface area contributed by atoms with Crippen molar-refractivity contribution in [3.8, 4) is 11.4 Å². The molecule has 0 aliphatic rings. The fourth-order valence-corrected chi connectivity index (χ4v) is 11.8. The number of aromatic nitrogens is 2. The molecule has 2 nitrogen and oxygen atoms in total. The van der Waals surface area contributed by atoms with E-state index in [1.54, 1.807) is 0 Å². The van der Waals surface area contributed by atoms with Crippen LogP contribution in [0.25, 0.3) is 56.2 Å². The van der Waals surface area contributed by atoms with E-state index in [0.29, 0.717) is 0 Å². The molecule has 2 aromatic heterocycles. The molecule has 7 aromatic carbocycles. The highest BCUT2D eigenvalue weighted by Gasteiger charge is 2.33. The molecule has 0 N–H and O–H groups in total. The summed E-state index contributed by atoms with van der Waals surface area (Å²) in [6.45, 7) is 6.30. The van der Waals surface area contributed by atoms with Crippen molar-refractivity contribution >= 4 is 54.9 Å². The second-order valence-corrected chi connectivity index (χ2v) is 16.1. The first-order valence-electron chi connectivity index (χ1n) is 17.8. The molecule has 0 saturated carbocycles. The predicted molar refractivity (Wildman–Crippen MR) is 222 cm³/mol. The van der Waals surface area contributed by atoms with Gasteiger partial charge in [-0.1, -0.05) is 110 Å². The maximum atomic E-state index is 4.24. The van der Waals surface area contributed by atoms with Crippen LogP contribution in [0.4, 0.5) is 0 Å². The van der Waals surface area contributed by atoms with E-state index >= 15 is 0 Å². The zero-order chi connectivity index (χ0) is 35.1. The van der Waals surface area contributed by atoms with Crippen LogP contribution >= 0.6 is 10.0 Å². The summed E-state index contributed by atoms with van der Waals surface area (Å²) in [6.07, 6.45) is 6.27. The molecule has 0 aliphatic carbocycles. The van der Waals surface area contributed by atoms with E-state index in [1.807, 2.05) is 6.08 Å². The zero-order valence-electron chi connectivity index (χ0n) is 29.1. The van der Waals surface area contributed by atoms with Gasteiger partial charge in [0.15, 0.2) is 0 Å². The van der Waals surface area contributed by atoms with Crippen LogP contribution in [0, 0.1) is 0 Å². The number of hydrogen-bond acceptors (Lipinski definition) is 0. The minimum absolute atomic E-state index is 1.10. The molecule has 2 heterocycles. The van der Waals surface area contributed by atoms with Crippen LogP contribution in [0.1, 0.15) is 18.2 Å². The van der Waals surface area contributed by atoms with Gasteiger partial charge < -0.3 is 9.13 Å². The summed E-state index contributed by atoms with van der Waals surface area (Å²) >= 11 is 0. The normalized spacial score (nSPS) is 12.2. The van der Waals surface area contributed by atoms with E-state index in [0.717, 1.165) is 17.1 Å². The molecule has 0 bridgehead atoms. The molecule has 52 heavy (non-hydrogen) atoms. The third-order valence-corrected chi connectivity index (χ3v) is 14.0. The van der Waals surface area contributed by atoms with Gasteiger partial charge >= 0.3 is 0 Å². The van der Waals surface area contributed by atoms with Crippen LogP contribution in [-0.4, -0.2) is 9.13 Å². The van der Waals surface area contributed by atoms with Crippen molar-refractivity contribution in [2.45, 2.75) is 26.5 Å². The maximum Gasteiger partial charge on any atom is 0.0542 e. The third-order valence-electron chi connectivity index (χ3n) is 10.1. The van der Waals surface area contributed by atoms with E-state index in [9.17, 15) is 0 Å². The molecule has 250 valence electrons.